The average Bonchev–Trinajstić information content (AvgIpc) is 2.98. The van der Waals surface area contributed by atoms with E-state index in [-0.39, 0.29) is 10.6 Å². The summed E-state index contributed by atoms with van der Waals surface area (Å²) in [4.78, 5) is 8.90. The highest BCUT2D eigenvalue weighted by Crippen LogP contribution is 2.35. The second-order valence-electron chi connectivity index (χ2n) is 3.70. The minimum atomic E-state index is -0.626. The number of halogens is 2. The average molecular weight is 295 g/mol. The van der Waals surface area contributed by atoms with Gasteiger partial charge in [-0.2, -0.15) is 0 Å². The van der Waals surface area contributed by atoms with Gasteiger partial charge in [-0.15, -0.1) is 22.7 Å². The van der Waals surface area contributed by atoms with Gasteiger partial charge in [-0.05, 0) is 12.1 Å². The van der Waals surface area contributed by atoms with Crippen molar-refractivity contribution in [1.29, 1.82) is 0 Å². The van der Waals surface area contributed by atoms with Gasteiger partial charge in [0, 0.05) is 11.6 Å². The molecule has 19 heavy (non-hydrogen) atoms. The van der Waals surface area contributed by atoms with Gasteiger partial charge in [-0.25, -0.2) is 18.7 Å². The van der Waals surface area contributed by atoms with E-state index in [9.17, 15) is 8.78 Å². The van der Waals surface area contributed by atoms with E-state index in [0.717, 1.165) is 4.88 Å². The highest BCUT2D eigenvalue weighted by atomic mass is 32.1. The van der Waals surface area contributed by atoms with E-state index in [1.54, 1.807) is 11.6 Å². The zero-order chi connectivity index (χ0) is 13.4. The van der Waals surface area contributed by atoms with Gasteiger partial charge in [0.2, 0.25) is 0 Å². The number of hydrogen-bond donors (Lipinski definition) is 1. The Labute approximate surface area is 115 Å². The molecule has 0 aliphatic heterocycles. The molecule has 96 valence electrons. The van der Waals surface area contributed by atoms with E-state index in [2.05, 4.69) is 9.97 Å². The van der Waals surface area contributed by atoms with E-state index < -0.39 is 11.6 Å². The van der Waals surface area contributed by atoms with Crippen LogP contribution in [0.15, 0.2) is 29.8 Å². The Kier molecular flexibility index (Phi) is 3.00. The van der Waals surface area contributed by atoms with Crippen molar-refractivity contribution in [2.45, 2.75) is 0 Å². The third kappa shape index (κ3) is 2.22. The molecule has 3 aromatic rings. The van der Waals surface area contributed by atoms with Crippen LogP contribution in [0, 0.1) is 11.6 Å². The lowest BCUT2D eigenvalue weighted by Gasteiger charge is -1.99. The standard InChI is InChI=1S/C12H7F2N3S2/c13-6-2-1-3-7(14)10(6)11-16-4-9(19-11)8-5-18-12(15)17-8/h1-5H,(H2,15,17). The van der Waals surface area contributed by atoms with Crippen LogP contribution < -0.4 is 5.73 Å². The molecule has 0 atom stereocenters. The van der Waals surface area contributed by atoms with Crippen molar-refractivity contribution in [2.75, 3.05) is 5.73 Å². The first-order chi connectivity index (χ1) is 9.15. The minimum Gasteiger partial charge on any atom is -0.375 e. The monoisotopic (exact) mass is 295 g/mol. The first-order valence-electron chi connectivity index (χ1n) is 5.27. The molecular formula is C12H7F2N3S2. The Morgan fingerprint density at radius 3 is 2.53 bits per heavy atom. The van der Waals surface area contributed by atoms with Gasteiger partial charge in [0.1, 0.15) is 16.6 Å². The largest absolute Gasteiger partial charge is 0.375 e. The lowest BCUT2D eigenvalue weighted by atomic mass is 10.2. The molecule has 0 aliphatic rings. The third-order valence-electron chi connectivity index (χ3n) is 2.46. The number of anilines is 1. The van der Waals surface area contributed by atoms with Crippen molar-refractivity contribution in [3.05, 3.63) is 41.4 Å². The summed E-state index contributed by atoms with van der Waals surface area (Å²) in [5.74, 6) is -1.25. The van der Waals surface area contributed by atoms with Crippen LogP contribution in [-0.2, 0) is 0 Å². The van der Waals surface area contributed by atoms with Gasteiger partial charge >= 0.3 is 0 Å². The number of rotatable bonds is 2. The Balaban J connectivity index is 2.06. The third-order valence-corrected chi connectivity index (χ3v) is 4.17. The maximum atomic E-state index is 13.6. The smallest absolute Gasteiger partial charge is 0.180 e. The maximum Gasteiger partial charge on any atom is 0.180 e. The number of benzene rings is 1. The SMILES string of the molecule is Nc1nc(-c2cnc(-c3c(F)cccc3F)s2)cs1. The molecule has 3 nitrogen and oxygen atoms in total. The fourth-order valence-corrected chi connectivity index (χ4v) is 3.17. The lowest BCUT2D eigenvalue weighted by Crippen LogP contribution is -1.87. The molecule has 7 heteroatoms. The van der Waals surface area contributed by atoms with E-state index in [4.69, 9.17) is 5.73 Å². The summed E-state index contributed by atoms with van der Waals surface area (Å²) in [6, 6.07) is 3.74. The van der Waals surface area contributed by atoms with E-state index in [0.29, 0.717) is 10.8 Å². The van der Waals surface area contributed by atoms with Crippen LogP contribution in [0.4, 0.5) is 13.9 Å². The highest BCUT2D eigenvalue weighted by Gasteiger charge is 2.16. The molecule has 0 bridgehead atoms. The molecule has 1 aromatic carbocycles. The van der Waals surface area contributed by atoms with Gasteiger partial charge in [0.15, 0.2) is 5.13 Å². The summed E-state index contributed by atoms with van der Waals surface area (Å²) < 4.78 is 27.3. The summed E-state index contributed by atoms with van der Waals surface area (Å²) in [5.41, 5.74) is 6.11. The Hall–Kier alpha value is -1.86. The van der Waals surface area contributed by atoms with Crippen LogP contribution in [-0.4, -0.2) is 9.97 Å². The van der Waals surface area contributed by atoms with Crippen LogP contribution in [0.3, 0.4) is 0 Å². The van der Waals surface area contributed by atoms with Gasteiger partial charge in [0.05, 0.1) is 16.1 Å². The van der Waals surface area contributed by atoms with Crippen LogP contribution in [0.5, 0.6) is 0 Å². The first-order valence-corrected chi connectivity index (χ1v) is 6.96. The number of thiazole rings is 2. The number of hydrogen-bond acceptors (Lipinski definition) is 5. The number of nitrogens with zero attached hydrogens (tertiary/aromatic N) is 2. The second kappa shape index (κ2) is 4.67. The maximum absolute atomic E-state index is 13.6. The summed E-state index contributed by atoms with van der Waals surface area (Å²) >= 11 is 2.49. The molecule has 2 aromatic heterocycles. The molecule has 2 heterocycles. The molecule has 0 radical (unpaired) electrons. The predicted molar refractivity (Wildman–Crippen MR) is 73.0 cm³/mol. The van der Waals surface area contributed by atoms with Crippen molar-refractivity contribution in [3.63, 3.8) is 0 Å². The van der Waals surface area contributed by atoms with Crippen molar-refractivity contribution in [2.24, 2.45) is 0 Å². The first kappa shape index (κ1) is 12.2. The second-order valence-corrected chi connectivity index (χ2v) is 5.62. The van der Waals surface area contributed by atoms with Crippen LogP contribution in [0.1, 0.15) is 0 Å². The predicted octanol–water partition coefficient (Wildman–Crippen LogP) is 3.79. The molecule has 0 fully saturated rings. The summed E-state index contributed by atoms with van der Waals surface area (Å²) in [5, 5.41) is 2.52. The zero-order valence-corrected chi connectivity index (χ0v) is 11.1. The minimum absolute atomic E-state index is 0.109. The van der Waals surface area contributed by atoms with Gasteiger partial charge in [-0.3, -0.25) is 0 Å². The van der Waals surface area contributed by atoms with Crippen LogP contribution in [0.25, 0.3) is 21.1 Å². The van der Waals surface area contributed by atoms with E-state index in [1.165, 1.54) is 40.9 Å². The van der Waals surface area contributed by atoms with Crippen molar-refractivity contribution >= 4 is 27.8 Å². The topological polar surface area (TPSA) is 51.8 Å². The molecule has 0 unspecified atom stereocenters. The number of nitrogens with two attached hydrogens (primary N) is 1. The number of nitrogen functional groups attached to an aromatic ring is 1. The van der Waals surface area contributed by atoms with Crippen LogP contribution in [0.2, 0.25) is 0 Å². The summed E-state index contributed by atoms with van der Waals surface area (Å²) in [7, 11) is 0. The molecule has 0 amide bonds. The Morgan fingerprint density at radius 2 is 1.89 bits per heavy atom. The van der Waals surface area contributed by atoms with Crippen molar-refractivity contribution in [3.8, 4) is 21.1 Å². The van der Waals surface area contributed by atoms with Crippen molar-refractivity contribution < 1.29 is 8.78 Å². The van der Waals surface area contributed by atoms with E-state index >= 15 is 0 Å². The quantitative estimate of drug-likeness (QED) is 0.782. The molecule has 0 spiro atoms. The summed E-state index contributed by atoms with van der Waals surface area (Å²) in [6.45, 7) is 0. The zero-order valence-electron chi connectivity index (χ0n) is 9.43. The van der Waals surface area contributed by atoms with Crippen LogP contribution >= 0.6 is 22.7 Å². The molecule has 2 N–H and O–H groups in total. The molecule has 3 rings (SSSR count). The lowest BCUT2D eigenvalue weighted by molar-refractivity contribution is 0.589. The molecule has 0 saturated carbocycles. The normalized spacial score (nSPS) is 10.8. The van der Waals surface area contributed by atoms with Crippen molar-refractivity contribution in [1.82, 2.24) is 9.97 Å². The van der Waals surface area contributed by atoms with Gasteiger partial charge in [-0.1, -0.05) is 6.07 Å². The number of aromatic nitrogens is 2. The molecule has 0 saturated heterocycles. The fourth-order valence-electron chi connectivity index (χ4n) is 1.61. The molecule has 0 aliphatic carbocycles. The summed E-state index contributed by atoms with van der Waals surface area (Å²) in [6.07, 6.45) is 1.54. The Morgan fingerprint density at radius 1 is 1.16 bits per heavy atom. The van der Waals surface area contributed by atoms with Gasteiger partial charge in [0.25, 0.3) is 0 Å². The van der Waals surface area contributed by atoms with E-state index in [1.807, 2.05) is 0 Å². The van der Waals surface area contributed by atoms with Gasteiger partial charge < -0.3 is 5.73 Å². The highest BCUT2D eigenvalue weighted by molar-refractivity contribution is 7.19. The molecular weight excluding hydrogens is 288 g/mol. The Bertz CT molecular complexity index is 716. The fraction of sp³-hybridized carbons (Fsp3) is 0.